The lowest BCUT2D eigenvalue weighted by molar-refractivity contribution is 0.171. The molecule has 1 saturated carbocycles. The van der Waals surface area contributed by atoms with Crippen molar-refractivity contribution < 1.29 is 0 Å². The normalized spacial score (nSPS) is 32.2. The lowest BCUT2D eigenvalue weighted by atomic mass is 9.77. The summed E-state index contributed by atoms with van der Waals surface area (Å²) >= 11 is 0. The maximum atomic E-state index is 4.35. The molecule has 1 saturated heterocycles. The third kappa shape index (κ3) is 2.30. The van der Waals surface area contributed by atoms with Gasteiger partial charge < -0.3 is 9.88 Å². The lowest BCUT2D eigenvalue weighted by Gasteiger charge is -2.40. The van der Waals surface area contributed by atoms with Gasteiger partial charge in [-0.3, -0.25) is 0 Å². The third-order valence-electron chi connectivity index (χ3n) is 4.57. The van der Waals surface area contributed by atoms with Gasteiger partial charge in [0, 0.05) is 12.6 Å². The molecular formula is C14H24N4. The van der Waals surface area contributed by atoms with E-state index in [1.807, 2.05) is 6.33 Å². The van der Waals surface area contributed by atoms with Gasteiger partial charge in [-0.15, -0.1) is 10.2 Å². The molecule has 1 N–H and O–H groups in total. The molecule has 0 aromatic carbocycles. The molecule has 3 atom stereocenters. The van der Waals surface area contributed by atoms with Crippen LogP contribution in [0.2, 0.25) is 0 Å². The molecule has 18 heavy (non-hydrogen) atoms. The van der Waals surface area contributed by atoms with Crippen LogP contribution in [-0.4, -0.2) is 20.8 Å². The molecule has 4 heteroatoms. The van der Waals surface area contributed by atoms with Crippen molar-refractivity contribution in [3.63, 3.8) is 0 Å². The van der Waals surface area contributed by atoms with E-state index in [9.17, 15) is 0 Å². The van der Waals surface area contributed by atoms with Gasteiger partial charge in [0.1, 0.15) is 12.2 Å². The van der Waals surface area contributed by atoms with Crippen molar-refractivity contribution in [3.05, 3.63) is 12.2 Å². The van der Waals surface area contributed by atoms with Crippen molar-refractivity contribution >= 4 is 0 Å². The van der Waals surface area contributed by atoms with E-state index in [4.69, 9.17) is 0 Å². The van der Waals surface area contributed by atoms with Crippen LogP contribution in [0.4, 0.5) is 0 Å². The number of fused-ring (bicyclic) bond motifs is 1. The van der Waals surface area contributed by atoms with Crippen molar-refractivity contribution in [1.29, 1.82) is 0 Å². The van der Waals surface area contributed by atoms with E-state index in [1.54, 1.807) is 0 Å². The first kappa shape index (κ1) is 12.2. The van der Waals surface area contributed by atoms with Gasteiger partial charge >= 0.3 is 0 Å². The first-order chi connectivity index (χ1) is 8.88. The molecule has 0 spiro atoms. The summed E-state index contributed by atoms with van der Waals surface area (Å²) < 4.78 is 2.22. The van der Waals surface area contributed by atoms with Gasteiger partial charge in [-0.05, 0) is 38.0 Å². The predicted molar refractivity (Wildman–Crippen MR) is 71.2 cm³/mol. The third-order valence-corrected chi connectivity index (χ3v) is 4.57. The van der Waals surface area contributed by atoms with E-state index in [2.05, 4.69) is 27.0 Å². The van der Waals surface area contributed by atoms with Gasteiger partial charge in [-0.2, -0.15) is 0 Å². The Bertz CT molecular complexity index is 387. The minimum Gasteiger partial charge on any atom is -0.316 e. The Morgan fingerprint density at radius 1 is 1.28 bits per heavy atom. The average molecular weight is 248 g/mol. The van der Waals surface area contributed by atoms with E-state index in [0.29, 0.717) is 6.04 Å². The summed E-state index contributed by atoms with van der Waals surface area (Å²) in [7, 11) is 0. The topological polar surface area (TPSA) is 42.7 Å². The van der Waals surface area contributed by atoms with E-state index < -0.39 is 0 Å². The largest absolute Gasteiger partial charge is 0.316 e. The molecule has 2 heterocycles. The maximum absolute atomic E-state index is 4.35. The van der Waals surface area contributed by atoms with Crippen molar-refractivity contribution in [1.82, 2.24) is 20.1 Å². The lowest BCUT2D eigenvalue weighted by Crippen LogP contribution is -2.45. The van der Waals surface area contributed by atoms with Crippen LogP contribution in [0.5, 0.6) is 0 Å². The smallest absolute Gasteiger partial charge is 0.149 e. The molecule has 3 unspecified atom stereocenters. The Kier molecular flexibility index (Phi) is 3.64. The van der Waals surface area contributed by atoms with Crippen LogP contribution in [0.15, 0.2) is 6.33 Å². The molecule has 2 aliphatic rings. The van der Waals surface area contributed by atoms with Crippen LogP contribution in [0.25, 0.3) is 0 Å². The van der Waals surface area contributed by atoms with Crippen molar-refractivity contribution in [3.8, 4) is 0 Å². The maximum Gasteiger partial charge on any atom is 0.149 e. The number of nitrogens with one attached hydrogen (secondary N) is 1. The first-order valence-electron chi connectivity index (χ1n) is 7.52. The van der Waals surface area contributed by atoms with E-state index in [0.717, 1.165) is 30.7 Å². The molecular weight excluding hydrogens is 224 g/mol. The Morgan fingerprint density at radius 2 is 2.17 bits per heavy atom. The van der Waals surface area contributed by atoms with Crippen LogP contribution in [0.3, 0.4) is 0 Å². The predicted octanol–water partition coefficient (Wildman–Crippen LogP) is 2.67. The van der Waals surface area contributed by atoms with Crippen molar-refractivity contribution in [2.75, 3.05) is 0 Å². The highest BCUT2D eigenvalue weighted by Crippen LogP contribution is 2.36. The molecule has 2 fully saturated rings. The number of aromatic nitrogens is 3. The second-order valence-electron chi connectivity index (χ2n) is 5.83. The highest BCUT2D eigenvalue weighted by atomic mass is 15.3. The number of piperidine rings is 1. The molecule has 100 valence electrons. The van der Waals surface area contributed by atoms with Crippen LogP contribution in [-0.2, 0) is 6.54 Å². The van der Waals surface area contributed by atoms with E-state index in [1.165, 1.54) is 38.5 Å². The molecule has 1 aromatic heterocycles. The summed E-state index contributed by atoms with van der Waals surface area (Å²) in [6.07, 6.45) is 11.2. The first-order valence-corrected chi connectivity index (χ1v) is 7.52. The van der Waals surface area contributed by atoms with Crippen molar-refractivity contribution in [2.24, 2.45) is 5.92 Å². The number of nitrogens with zero attached hydrogens (tertiary/aromatic N) is 3. The quantitative estimate of drug-likeness (QED) is 0.894. The minimum atomic E-state index is 0.429. The molecule has 0 radical (unpaired) electrons. The zero-order chi connectivity index (χ0) is 12.4. The van der Waals surface area contributed by atoms with Gasteiger partial charge in [0.25, 0.3) is 0 Å². The number of hydrogen-bond donors (Lipinski definition) is 1. The fraction of sp³-hybridized carbons (Fsp3) is 0.857. The summed E-state index contributed by atoms with van der Waals surface area (Å²) in [6.45, 7) is 3.24. The fourth-order valence-electron chi connectivity index (χ4n) is 3.65. The van der Waals surface area contributed by atoms with Crippen LogP contribution in [0.1, 0.15) is 63.7 Å². The Hall–Kier alpha value is -0.900. The second kappa shape index (κ2) is 5.39. The number of rotatable bonds is 3. The highest BCUT2D eigenvalue weighted by molar-refractivity contribution is 5.00. The minimum absolute atomic E-state index is 0.429. The molecule has 1 aliphatic carbocycles. The fourth-order valence-corrected chi connectivity index (χ4v) is 3.65. The molecule has 1 aliphatic heterocycles. The van der Waals surface area contributed by atoms with Gasteiger partial charge in [-0.1, -0.05) is 19.8 Å². The van der Waals surface area contributed by atoms with Gasteiger partial charge in [-0.25, -0.2) is 0 Å². The van der Waals surface area contributed by atoms with Crippen LogP contribution < -0.4 is 5.32 Å². The molecule has 3 rings (SSSR count). The van der Waals surface area contributed by atoms with Gasteiger partial charge in [0.05, 0.1) is 6.04 Å². The Balaban J connectivity index is 1.71. The molecule has 0 amide bonds. The molecule has 1 aromatic rings. The van der Waals surface area contributed by atoms with Gasteiger partial charge in [0.2, 0.25) is 0 Å². The number of hydrogen-bond acceptors (Lipinski definition) is 3. The molecule has 4 nitrogen and oxygen atoms in total. The van der Waals surface area contributed by atoms with E-state index in [-0.39, 0.29) is 0 Å². The van der Waals surface area contributed by atoms with Crippen molar-refractivity contribution in [2.45, 2.75) is 70.5 Å². The summed E-state index contributed by atoms with van der Waals surface area (Å²) in [4.78, 5) is 0. The summed E-state index contributed by atoms with van der Waals surface area (Å²) in [5, 5.41) is 12.3. The van der Waals surface area contributed by atoms with Crippen LogP contribution in [0, 0.1) is 5.92 Å². The summed E-state index contributed by atoms with van der Waals surface area (Å²) in [5.74, 6) is 2.07. The number of aryl methyl sites for hydroxylation is 1. The SMILES string of the molecule is CCCn1cnnc1C1CCC2CCCCC2N1. The van der Waals surface area contributed by atoms with Crippen LogP contribution >= 0.6 is 0 Å². The second-order valence-corrected chi connectivity index (χ2v) is 5.83. The standard InChI is InChI=1S/C14H24N4/c1-2-9-18-10-15-17-14(18)13-8-7-11-5-3-4-6-12(11)16-13/h10-13,16H,2-9H2,1H3. The summed E-state index contributed by atoms with van der Waals surface area (Å²) in [5.41, 5.74) is 0. The zero-order valence-corrected chi connectivity index (χ0v) is 11.3. The zero-order valence-electron chi connectivity index (χ0n) is 11.3. The molecule has 0 bridgehead atoms. The average Bonchev–Trinajstić information content (AvgIpc) is 2.87. The van der Waals surface area contributed by atoms with Gasteiger partial charge in [0.15, 0.2) is 0 Å². The monoisotopic (exact) mass is 248 g/mol. The van der Waals surface area contributed by atoms with E-state index >= 15 is 0 Å². The Morgan fingerprint density at radius 3 is 3.06 bits per heavy atom. The Labute approximate surface area is 109 Å². The highest BCUT2D eigenvalue weighted by Gasteiger charge is 2.33. The summed E-state index contributed by atoms with van der Waals surface area (Å²) in [6, 6.07) is 1.16.